The van der Waals surface area contributed by atoms with Crippen molar-refractivity contribution >= 4 is 34.5 Å². The van der Waals surface area contributed by atoms with Gasteiger partial charge in [0.2, 0.25) is 0 Å². The number of nitrogens with zero attached hydrogens (tertiary/aromatic N) is 5. The number of fused-ring (bicyclic) bond motifs is 1. The highest BCUT2D eigenvalue weighted by molar-refractivity contribution is 7.99. The van der Waals surface area contributed by atoms with E-state index in [0.29, 0.717) is 16.3 Å². The average Bonchev–Trinajstić information content (AvgIpc) is 2.80. The molecule has 2 aromatic heterocycles. The third-order valence-electron chi connectivity index (χ3n) is 2.33. The maximum Gasteiger partial charge on any atom is 0.191 e. The second-order valence-corrected chi connectivity index (χ2v) is 5.35. The second-order valence-electron chi connectivity index (χ2n) is 3.93. The first kappa shape index (κ1) is 14.4. The third kappa shape index (κ3) is 3.33. The zero-order valence-electron chi connectivity index (χ0n) is 10.3. The van der Waals surface area contributed by atoms with Gasteiger partial charge in [-0.2, -0.15) is 0 Å². The molecule has 0 saturated carbocycles. The molecule has 0 aliphatic rings. The van der Waals surface area contributed by atoms with Gasteiger partial charge in [-0.3, -0.25) is 0 Å². The zero-order valence-corrected chi connectivity index (χ0v) is 11.9. The van der Waals surface area contributed by atoms with E-state index in [1.807, 2.05) is 0 Å². The van der Waals surface area contributed by atoms with E-state index in [1.165, 1.54) is 16.4 Å². The fourth-order valence-corrected chi connectivity index (χ4v) is 2.39. The fraction of sp³-hybridized carbons (Fsp3) is 0.600. The Balaban J connectivity index is 2.35. The van der Waals surface area contributed by atoms with Gasteiger partial charge in [-0.05, 0) is 6.42 Å². The summed E-state index contributed by atoms with van der Waals surface area (Å²) in [6.45, 7) is 1.83. The van der Waals surface area contributed by atoms with Crippen molar-refractivity contribution in [2.75, 3.05) is 12.4 Å². The van der Waals surface area contributed by atoms with Crippen LogP contribution in [0.25, 0.3) is 11.2 Å². The van der Waals surface area contributed by atoms with Crippen LogP contribution in [0.3, 0.4) is 0 Å². The summed E-state index contributed by atoms with van der Waals surface area (Å²) in [4.78, 5) is 8.47. The number of halogens is 1. The molecule has 9 heteroatoms. The molecule has 19 heavy (non-hydrogen) atoms. The van der Waals surface area contributed by atoms with E-state index >= 15 is 0 Å². The van der Waals surface area contributed by atoms with Crippen LogP contribution < -0.4 is 0 Å². The highest BCUT2D eigenvalue weighted by Crippen LogP contribution is 2.22. The first-order valence-corrected chi connectivity index (χ1v) is 7.20. The number of rotatable bonds is 6. The number of thioether (sulfide) groups is 1. The Morgan fingerprint density at radius 2 is 2.21 bits per heavy atom. The number of aromatic nitrogens is 5. The predicted molar refractivity (Wildman–Crippen MR) is 72.2 cm³/mol. The Labute approximate surface area is 119 Å². The van der Waals surface area contributed by atoms with Gasteiger partial charge in [-0.15, -0.1) is 5.10 Å². The molecule has 0 amide bonds. The van der Waals surface area contributed by atoms with Crippen molar-refractivity contribution < 1.29 is 10.2 Å². The van der Waals surface area contributed by atoms with E-state index in [2.05, 4.69) is 27.2 Å². The standard InChI is InChI=1S/C10H14ClN5O2S/c1-2-3-19-10-12-8(11)7-9(13-10)16(15-14-7)4-6(18)5-17/h6,17-18H,2-5H2,1H3/t6-/m0/s1. The highest BCUT2D eigenvalue weighted by Gasteiger charge is 2.15. The van der Waals surface area contributed by atoms with Crippen LogP contribution in [0.1, 0.15) is 13.3 Å². The van der Waals surface area contributed by atoms with Gasteiger partial charge in [-0.1, -0.05) is 35.5 Å². The summed E-state index contributed by atoms with van der Waals surface area (Å²) in [7, 11) is 0. The lowest BCUT2D eigenvalue weighted by atomic mass is 10.4. The molecule has 0 fully saturated rings. The van der Waals surface area contributed by atoms with Gasteiger partial charge < -0.3 is 10.2 Å². The first-order valence-electron chi connectivity index (χ1n) is 5.84. The first-order chi connectivity index (χ1) is 9.15. The van der Waals surface area contributed by atoms with Gasteiger partial charge in [0.1, 0.15) is 0 Å². The summed E-state index contributed by atoms with van der Waals surface area (Å²) in [5, 5.41) is 26.9. The Bertz CT molecular complexity index is 564. The maximum atomic E-state index is 9.45. The van der Waals surface area contributed by atoms with Crippen LogP contribution in [0, 0.1) is 0 Å². The Kier molecular flexibility index (Phi) is 4.92. The molecule has 0 spiro atoms. The van der Waals surface area contributed by atoms with Crippen LogP contribution in [0.5, 0.6) is 0 Å². The molecule has 0 bridgehead atoms. The molecular formula is C10H14ClN5O2S. The molecule has 0 saturated heterocycles. The minimum atomic E-state index is -0.912. The maximum absolute atomic E-state index is 9.45. The Hall–Kier alpha value is -0.960. The number of aliphatic hydroxyl groups is 2. The van der Waals surface area contributed by atoms with Crippen LogP contribution >= 0.6 is 23.4 Å². The summed E-state index contributed by atoms with van der Waals surface area (Å²) in [5.41, 5.74) is 0.860. The average molecular weight is 304 g/mol. The fourth-order valence-electron chi connectivity index (χ4n) is 1.44. The van der Waals surface area contributed by atoms with E-state index in [9.17, 15) is 5.11 Å². The predicted octanol–water partition coefficient (Wildman–Crippen LogP) is 0.730. The second kappa shape index (κ2) is 6.47. The van der Waals surface area contributed by atoms with Crippen LogP contribution in [0.15, 0.2) is 5.16 Å². The zero-order chi connectivity index (χ0) is 13.8. The van der Waals surface area contributed by atoms with E-state index in [0.717, 1.165) is 12.2 Å². The van der Waals surface area contributed by atoms with Crippen molar-refractivity contribution in [2.45, 2.75) is 31.1 Å². The topological polar surface area (TPSA) is 97.0 Å². The van der Waals surface area contributed by atoms with Crippen molar-refractivity contribution in [2.24, 2.45) is 0 Å². The molecule has 104 valence electrons. The van der Waals surface area contributed by atoms with Gasteiger partial charge in [0.05, 0.1) is 19.3 Å². The van der Waals surface area contributed by atoms with Gasteiger partial charge in [-0.25, -0.2) is 14.6 Å². The molecule has 2 heterocycles. The van der Waals surface area contributed by atoms with E-state index < -0.39 is 6.10 Å². The molecule has 0 radical (unpaired) electrons. The van der Waals surface area contributed by atoms with Gasteiger partial charge >= 0.3 is 0 Å². The molecule has 2 aromatic rings. The Morgan fingerprint density at radius 1 is 1.42 bits per heavy atom. The normalized spacial score (nSPS) is 13.1. The smallest absolute Gasteiger partial charge is 0.191 e. The molecule has 0 aromatic carbocycles. The lowest BCUT2D eigenvalue weighted by Gasteiger charge is -2.07. The molecule has 0 aliphatic heterocycles. The van der Waals surface area contributed by atoms with E-state index in [1.54, 1.807) is 0 Å². The number of aliphatic hydroxyl groups excluding tert-OH is 2. The van der Waals surface area contributed by atoms with Crippen LogP contribution in [0.4, 0.5) is 0 Å². The largest absolute Gasteiger partial charge is 0.394 e. The number of hydrogen-bond donors (Lipinski definition) is 2. The van der Waals surface area contributed by atoms with Crippen molar-refractivity contribution in [3.63, 3.8) is 0 Å². The Morgan fingerprint density at radius 3 is 2.89 bits per heavy atom. The molecular weight excluding hydrogens is 290 g/mol. The van der Waals surface area contributed by atoms with Crippen LogP contribution in [-0.2, 0) is 6.54 Å². The van der Waals surface area contributed by atoms with Crippen molar-refractivity contribution in [1.29, 1.82) is 0 Å². The van der Waals surface area contributed by atoms with Crippen molar-refractivity contribution in [3.8, 4) is 0 Å². The van der Waals surface area contributed by atoms with Crippen molar-refractivity contribution in [1.82, 2.24) is 25.0 Å². The molecule has 0 aliphatic carbocycles. The lowest BCUT2D eigenvalue weighted by molar-refractivity contribution is 0.0787. The molecule has 0 unspecified atom stereocenters. The minimum Gasteiger partial charge on any atom is -0.394 e. The summed E-state index contributed by atoms with van der Waals surface area (Å²) in [6.07, 6.45) is 0.0927. The van der Waals surface area contributed by atoms with Gasteiger partial charge in [0, 0.05) is 5.75 Å². The molecule has 1 atom stereocenters. The molecule has 7 nitrogen and oxygen atoms in total. The van der Waals surface area contributed by atoms with E-state index in [4.69, 9.17) is 16.7 Å². The minimum absolute atomic E-state index is 0.109. The SMILES string of the molecule is CCCSc1nc(Cl)c2nnn(C[C@H](O)CO)c2n1. The lowest BCUT2D eigenvalue weighted by Crippen LogP contribution is -2.20. The summed E-state index contributed by atoms with van der Waals surface area (Å²) >= 11 is 7.53. The van der Waals surface area contributed by atoms with Crippen LogP contribution in [0.2, 0.25) is 5.15 Å². The van der Waals surface area contributed by atoms with Gasteiger partial charge in [0.25, 0.3) is 0 Å². The molecule has 2 N–H and O–H groups in total. The monoisotopic (exact) mass is 303 g/mol. The highest BCUT2D eigenvalue weighted by atomic mass is 35.5. The summed E-state index contributed by atoms with van der Waals surface area (Å²) in [5.74, 6) is 0.892. The quantitative estimate of drug-likeness (QED) is 0.461. The molecule has 2 rings (SSSR count). The van der Waals surface area contributed by atoms with E-state index in [-0.39, 0.29) is 18.3 Å². The van der Waals surface area contributed by atoms with Crippen LogP contribution in [-0.4, -0.2) is 53.6 Å². The van der Waals surface area contributed by atoms with Crippen molar-refractivity contribution in [3.05, 3.63) is 5.15 Å². The third-order valence-corrected chi connectivity index (χ3v) is 3.65. The number of hydrogen-bond acceptors (Lipinski definition) is 7. The summed E-state index contributed by atoms with van der Waals surface area (Å²) in [6, 6.07) is 0. The van der Waals surface area contributed by atoms with Gasteiger partial charge in [0.15, 0.2) is 21.5 Å². The summed E-state index contributed by atoms with van der Waals surface area (Å²) < 4.78 is 1.42.